The van der Waals surface area contributed by atoms with Crippen molar-refractivity contribution in [3.63, 3.8) is 0 Å². The molecule has 7 heteroatoms. The molecular weight excluding hydrogens is 360 g/mol. The minimum absolute atomic E-state index is 0.257. The Balaban J connectivity index is 1.69. The van der Waals surface area contributed by atoms with Crippen molar-refractivity contribution in [2.24, 2.45) is 0 Å². The third-order valence-electron chi connectivity index (χ3n) is 4.15. The lowest BCUT2D eigenvalue weighted by atomic mass is 10.1. The highest BCUT2D eigenvalue weighted by molar-refractivity contribution is 7.18. The number of nitrogens with one attached hydrogen (secondary N) is 1. The van der Waals surface area contributed by atoms with Crippen LogP contribution in [0.1, 0.15) is 20.8 Å². The predicted octanol–water partition coefficient (Wildman–Crippen LogP) is 3.69. The van der Waals surface area contributed by atoms with Gasteiger partial charge >= 0.3 is 5.56 Å². The second kappa shape index (κ2) is 6.77. The van der Waals surface area contributed by atoms with Crippen LogP contribution in [0.3, 0.4) is 0 Å². The molecule has 134 valence electrons. The summed E-state index contributed by atoms with van der Waals surface area (Å²) < 4.78 is 1.48. The second-order valence-electron chi connectivity index (χ2n) is 6.23. The van der Waals surface area contributed by atoms with Gasteiger partial charge in [0.25, 0.3) is 5.91 Å². The van der Waals surface area contributed by atoms with Gasteiger partial charge in [0.05, 0.1) is 6.20 Å². The van der Waals surface area contributed by atoms with E-state index in [9.17, 15) is 9.59 Å². The molecule has 0 bridgehead atoms. The summed E-state index contributed by atoms with van der Waals surface area (Å²) in [7, 11) is 0. The highest BCUT2D eigenvalue weighted by Crippen LogP contribution is 2.21. The first-order chi connectivity index (χ1) is 13.0. The Morgan fingerprint density at radius 1 is 1.11 bits per heavy atom. The number of hydrogen-bond acceptors (Lipinski definition) is 5. The number of nitrogens with zero attached hydrogens (tertiary/aromatic N) is 3. The number of carbonyl (C=O) groups is 1. The van der Waals surface area contributed by atoms with E-state index in [0.29, 0.717) is 15.4 Å². The number of hydrogen-bond donors (Lipinski definition) is 1. The number of aromatic nitrogens is 3. The van der Waals surface area contributed by atoms with Crippen molar-refractivity contribution < 1.29 is 4.79 Å². The maximum atomic E-state index is 12.6. The van der Waals surface area contributed by atoms with E-state index in [1.165, 1.54) is 4.52 Å². The summed E-state index contributed by atoms with van der Waals surface area (Å²) in [4.78, 5) is 29.8. The fraction of sp³-hybridized carbons (Fsp3) is 0.100. The van der Waals surface area contributed by atoms with Gasteiger partial charge < -0.3 is 5.32 Å². The van der Waals surface area contributed by atoms with Crippen molar-refractivity contribution in [2.75, 3.05) is 5.32 Å². The summed E-state index contributed by atoms with van der Waals surface area (Å²) in [6, 6.07) is 15.0. The van der Waals surface area contributed by atoms with Gasteiger partial charge in [-0.3, -0.25) is 9.59 Å². The summed E-state index contributed by atoms with van der Waals surface area (Å²) >= 11 is 1.13. The van der Waals surface area contributed by atoms with Crippen LogP contribution in [0.5, 0.6) is 0 Å². The quantitative estimate of drug-likeness (QED) is 0.592. The number of benzene rings is 2. The molecule has 0 aliphatic heterocycles. The van der Waals surface area contributed by atoms with Crippen LogP contribution < -0.4 is 10.9 Å². The van der Waals surface area contributed by atoms with Gasteiger partial charge in [0.2, 0.25) is 4.96 Å². The number of thiazole rings is 1. The summed E-state index contributed by atoms with van der Waals surface area (Å²) in [5.41, 5.74) is 3.41. The number of fused-ring (bicyclic) bond motifs is 1. The Morgan fingerprint density at radius 3 is 2.63 bits per heavy atom. The maximum Gasteiger partial charge on any atom is 0.300 e. The molecule has 0 aliphatic rings. The SMILES string of the molecule is Cc1ccc(NC(=O)c2cn3nc(-c4ccccc4)c(=O)nc3s2)c(C)c1. The summed E-state index contributed by atoms with van der Waals surface area (Å²) in [6.07, 6.45) is 1.59. The Bertz CT molecular complexity index is 1210. The molecular formula is C20H16N4O2S. The van der Waals surface area contributed by atoms with Crippen LogP contribution in [0, 0.1) is 13.8 Å². The molecule has 1 amide bonds. The minimum Gasteiger partial charge on any atom is -0.321 e. The van der Waals surface area contributed by atoms with Gasteiger partial charge in [-0.25, -0.2) is 4.52 Å². The smallest absolute Gasteiger partial charge is 0.300 e. The molecule has 4 rings (SSSR count). The third-order valence-corrected chi connectivity index (χ3v) is 5.12. The van der Waals surface area contributed by atoms with Crippen LogP contribution in [0.15, 0.2) is 59.5 Å². The predicted molar refractivity (Wildman–Crippen MR) is 106 cm³/mol. The van der Waals surface area contributed by atoms with Crippen LogP contribution in [0.4, 0.5) is 5.69 Å². The van der Waals surface area contributed by atoms with E-state index in [1.807, 2.05) is 50.2 Å². The fourth-order valence-electron chi connectivity index (χ4n) is 2.79. The van der Waals surface area contributed by atoms with Crippen LogP contribution in [-0.4, -0.2) is 20.5 Å². The van der Waals surface area contributed by atoms with Crippen molar-refractivity contribution in [3.05, 3.63) is 81.1 Å². The zero-order chi connectivity index (χ0) is 19.0. The second-order valence-corrected chi connectivity index (χ2v) is 7.24. The molecule has 0 aliphatic carbocycles. The van der Waals surface area contributed by atoms with E-state index in [2.05, 4.69) is 15.4 Å². The Kier molecular flexibility index (Phi) is 4.29. The topological polar surface area (TPSA) is 76.4 Å². The lowest BCUT2D eigenvalue weighted by Gasteiger charge is -2.07. The molecule has 6 nitrogen and oxygen atoms in total. The molecule has 0 spiro atoms. The summed E-state index contributed by atoms with van der Waals surface area (Å²) in [6.45, 7) is 3.95. The molecule has 0 fully saturated rings. The average Bonchev–Trinajstić information content (AvgIpc) is 3.07. The molecule has 2 aromatic carbocycles. The largest absolute Gasteiger partial charge is 0.321 e. The van der Waals surface area contributed by atoms with E-state index < -0.39 is 5.56 Å². The highest BCUT2D eigenvalue weighted by Gasteiger charge is 2.15. The molecule has 0 saturated heterocycles. The molecule has 2 heterocycles. The van der Waals surface area contributed by atoms with Crippen molar-refractivity contribution in [2.45, 2.75) is 13.8 Å². The van der Waals surface area contributed by atoms with Crippen molar-refractivity contribution in [3.8, 4) is 11.3 Å². The molecule has 2 aromatic heterocycles. The van der Waals surface area contributed by atoms with E-state index in [-0.39, 0.29) is 11.6 Å². The zero-order valence-corrected chi connectivity index (χ0v) is 15.6. The van der Waals surface area contributed by atoms with Crippen LogP contribution in [0.25, 0.3) is 16.2 Å². The van der Waals surface area contributed by atoms with Gasteiger partial charge in [-0.05, 0) is 25.5 Å². The number of aryl methyl sites for hydroxylation is 2. The van der Waals surface area contributed by atoms with Gasteiger partial charge in [0, 0.05) is 11.3 Å². The number of amides is 1. The van der Waals surface area contributed by atoms with Crippen molar-refractivity contribution in [1.82, 2.24) is 14.6 Å². The highest BCUT2D eigenvalue weighted by atomic mass is 32.1. The maximum absolute atomic E-state index is 12.6. The fourth-order valence-corrected chi connectivity index (χ4v) is 3.60. The first kappa shape index (κ1) is 17.1. The van der Waals surface area contributed by atoms with Gasteiger partial charge in [0.15, 0.2) is 5.69 Å². The van der Waals surface area contributed by atoms with E-state index >= 15 is 0 Å². The normalized spacial score (nSPS) is 10.9. The molecule has 4 aromatic rings. The van der Waals surface area contributed by atoms with Crippen LogP contribution in [-0.2, 0) is 0 Å². The minimum atomic E-state index is -0.413. The van der Waals surface area contributed by atoms with E-state index in [0.717, 1.165) is 28.2 Å². The molecule has 0 unspecified atom stereocenters. The molecule has 0 radical (unpaired) electrons. The van der Waals surface area contributed by atoms with Crippen molar-refractivity contribution in [1.29, 1.82) is 0 Å². The first-order valence-electron chi connectivity index (χ1n) is 8.36. The van der Waals surface area contributed by atoms with Gasteiger partial charge in [-0.1, -0.05) is 59.4 Å². The molecule has 1 N–H and O–H groups in total. The average molecular weight is 376 g/mol. The Labute approximate surface area is 159 Å². The van der Waals surface area contributed by atoms with E-state index in [1.54, 1.807) is 18.3 Å². The zero-order valence-electron chi connectivity index (χ0n) is 14.8. The van der Waals surface area contributed by atoms with Crippen LogP contribution >= 0.6 is 11.3 Å². The lowest BCUT2D eigenvalue weighted by Crippen LogP contribution is -2.14. The first-order valence-corrected chi connectivity index (χ1v) is 9.17. The summed E-state index contributed by atoms with van der Waals surface area (Å²) in [5, 5.41) is 7.26. The monoisotopic (exact) mass is 376 g/mol. The van der Waals surface area contributed by atoms with E-state index in [4.69, 9.17) is 0 Å². The van der Waals surface area contributed by atoms with Crippen molar-refractivity contribution >= 4 is 27.9 Å². The molecule has 0 saturated carbocycles. The lowest BCUT2D eigenvalue weighted by molar-refractivity contribution is 0.103. The molecule has 0 atom stereocenters. The molecule has 27 heavy (non-hydrogen) atoms. The number of anilines is 1. The summed E-state index contributed by atoms with van der Waals surface area (Å²) in [5.74, 6) is -0.257. The van der Waals surface area contributed by atoms with Gasteiger partial charge in [-0.15, -0.1) is 0 Å². The van der Waals surface area contributed by atoms with Gasteiger partial charge in [0.1, 0.15) is 4.88 Å². The third kappa shape index (κ3) is 3.37. The number of carbonyl (C=O) groups excluding carboxylic acids is 1. The van der Waals surface area contributed by atoms with Gasteiger partial charge in [-0.2, -0.15) is 10.1 Å². The Hall–Kier alpha value is -3.32. The number of rotatable bonds is 3. The van der Waals surface area contributed by atoms with Crippen LogP contribution in [0.2, 0.25) is 0 Å². The Morgan fingerprint density at radius 2 is 1.89 bits per heavy atom. The standard InChI is InChI=1S/C20H16N4O2S/c1-12-8-9-15(13(2)10-12)21-18(25)16-11-24-20(27-16)22-19(26)17(23-24)14-6-4-3-5-7-14/h3-11H,1-2H3,(H,21,25).